The minimum Gasteiger partial charge on any atom is -0.384 e. The molecule has 0 aliphatic rings. The molecule has 0 atom stereocenters. The van der Waals surface area contributed by atoms with Crippen molar-refractivity contribution in [3.63, 3.8) is 0 Å². The Hall–Kier alpha value is -1.76. The second-order valence-corrected chi connectivity index (χ2v) is 8.26. The third-order valence-corrected chi connectivity index (χ3v) is 5.55. The van der Waals surface area contributed by atoms with Crippen LogP contribution in [0.5, 0.6) is 0 Å². The molecule has 0 bridgehead atoms. The highest BCUT2D eigenvalue weighted by Crippen LogP contribution is 2.27. The van der Waals surface area contributed by atoms with E-state index in [-0.39, 0.29) is 5.69 Å². The Morgan fingerprint density at radius 2 is 1.87 bits per heavy atom. The third kappa shape index (κ3) is 6.09. The summed E-state index contributed by atoms with van der Waals surface area (Å²) in [5.74, 6) is -1.89. The fraction of sp³-hybridized carbons (Fsp3) is 0.455. The van der Waals surface area contributed by atoms with Gasteiger partial charge in [0.25, 0.3) is 15.8 Å². The van der Waals surface area contributed by atoms with Crippen LogP contribution in [0.4, 0.5) is 11.4 Å². The molecule has 0 aliphatic carbocycles. The second-order valence-electron chi connectivity index (χ2n) is 4.61. The summed E-state index contributed by atoms with van der Waals surface area (Å²) in [6, 6.07) is 3.21. The molecule has 0 amide bonds. The van der Waals surface area contributed by atoms with Gasteiger partial charge in [0.2, 0.25) is 0 Å². The average molecular weight is 367 g/mol. The lowest BCUT2D eigenvalue weighted by Crippen LogP contribution is -2.18. The summed E-state index contributed by atoms with van der Waals surface area (Å²) in [7, 11) is -8.63. The summed E-state index contributed by atoms with van der Waals surface area (Å²) in [5.41, 5.74) is 5.00. The van der Waals surface area contributed by atoms with Crippen molar-refractivity contribution in [2.75, 3.05) is 29.9 Å². The lowest BCUT2D eigenvalue weighted by Gasteiger charge is -2.12. The lowest BCUT2D eigenvalue weighted by molar-refractivity contribution is -0.385. The smallest absolute Gasteiger partial charge is 0.270 e. The van der Waals surface area contributed by atoms with Gasteiger partial charge < -0.3 is 11.1 Å². The topological polar surface area (TPSA) is 170 Å². The van der Waals surface area contributed by atoms with E-state index >= 15 is 0 Å². The van der Waals surface area contributed by atoms with Gasteiger partial charge in [-0.3, -0.25) is 14.7 Å². The Kier molecular flexibility index (Phi) is 6.44. The highest BCUT2D eigenvalue weighted by atomic mass is 32.2. The van der Waals surface area contributed by atoms with Crippen molar-refractivity contribution in [1.29, 1.82) is 0 Å². The largest absolute Gasteiger partial charge is 0.384 e. The van der Waals surface area contributed by atoms with E-state index in [1.807, 2.05) is 0 Å². The SMILES string of the molecule is NCCCNc1ccc([N+](=O)[O-])cc1S(=O)(=O)CCS(=O)(=O)O. The molecule has 10 nitrogen and oxygen atoms in total. The molecule has 0 unspecified atom stereocenters. The van der Waals surface area contributed by atoms with Gasteiger partial charge in [-0.15, -0.1) is 0 Å². The van der Waals surface area contributed by atoms with E-state index in [1.54, 1.807) is 0 Å². The van der Waals surface area contributed by atoms with Crippen LogP contribution in [0.1, 0.15) is 6.42 Å². The maximum atomic E-state index is 12.2. The minimum atomic E-state index is -4.48. The molecule has 0 aromatic heterocycles. The van der Waals surface area contributed by atoms with Crippen LogP contribution in [0.25, 0.3) is 0 Å². The zero-order valence-corrected chi connectivity index (χ0v) is 13.6. The van der Waals surface area contributed by atoms with Crippen LogP contribution >= 0.6 is 0 Å². The molecule has 0 heterocycles. The minimum absolute atomic E-state index is 0.111. The van der Waals surface area contributed by atoms with E-state index < -0.39 is 47.0 Å². The molecular weight excluding hydrogens is 350 g/mol. The fourth-order valence-corrected chi connectivity index (χ4v) is 4.39. The van der Waals surface area contributed by atoms with Crippen LogP contribution in [-0.4, -0.2) is 50.9 Å². The van der Waals surface area contributed by atoms with Crippen LogP contribution in [0.15, 0.2) is 23.1 Å². The standard InChI is InChI=1S/C11H17N3O7S2/c12-4-1-5-13-10-3-2-9(14(15)16)8-11(10)22(17,18)6-7-23(19,20)21/h2-3,8,13H,1,4-7,12H2,(H,19,20,21). The molecule has 4 N–H and O–H groups in total. The van der Waals surface area contributed by atoms with Crippen molar-refractivity contribution in [3.05, 3.63) is 28.3 Å². The Balaban J connectivity index is 3.21. The first-order chi connectivity index (χ1) is 10.6. The first-order valence-electron chi connectivity index (χ1n) is 6.47. The number of rotatable bonds is 9. The molecule has 0 saturated heterocycles. The molecule has 1 aromatic carbocycles. The van der Waals surface area contributed by atoms with E-state index in [2.05, 4.69) is 5.32 Å². The quantitative estimate of drug-likeness (QED) is 0.235. The Morgan fingerprint density at radius 1 is 1.22 bits per heavy atom. The summed E-state index contributed by atoms with van der Waals surface area (Å²) >= 11 is 0. The first kappa shape index (κ1) is 19.3. The lowest BCUT2D eigenvalue weighted by atomic mass is 10.2. The Labute approximate surface area is 133 Å². The summed E-state index contributed by atoms with van der Waals surface area (Å²) in [4.78, 5) is 9.65. The number of nitro benzene ring substituents is 1. The van der Waals surface area contributed by atoms with Gasteiger partial charge >= 0.3 is 0 Å². The molecule has 130 valence electrons. The Morgan fingerprint density at radius 3 is 2.39 bits per heavy atom. The maximum Gasteiger partial charge on any atom is 0.270 e. The van der Waals surface area contributed by atoms with Gasteiger partial charge in [0.05, 0.1) is 27.0 Å². The number of nitro groups is 1. The van der Waals surface area contributed by atoms with E-state index in [0.29, 0.717) is 19.5 Å². The fourth-order valence-electron chi connectivity index (χ4n) is 1.68. The van der Waals surface area contributed by atoms with Crippen molar-refractivity contribution >= 4 is 31.3 Å². The second kappa shape index (κ2) is 7.68. The van der Waals surface area contributed by atoms with E-state index in [9.17, 15) is 26.9 Å². The monoisotopic (exact) mass is 367 g/mol. The molecule has 1 aromatic rings. The van der Waals surface area contributed by atoms with Crippen molar-refractivity contribution in [2.24, 2.45) is 5.73 Å². The molecule has 1 rings (SSSR count). The normalized spacial score (nSPS) is 12.1. The first-order valence-corrected chi connectivity index (χ1v) is 9.73. The van der Waals surface area contributed by atoms with Crippen molar-refractivity contribution in [1.82, 2.24) is 0 Å². The summed E-state index contributed by atoms with van der Waals surface area (Å²) < 4.78 is 54.6. The van der Waals surface area contributed by atoms with Crippen LogP contribution < -0.4 is 11.1 Å². The van der Waals surface area contributed by atoms with Crippen molar-refractivity contribution < 1.29 is 26.3 Å². The zero-order valence-electron chi connectivity index (χ0n) is 12.0. The highest BCUT2D eigenvalue weighted by molar-refractivity contribution is 7.93. The summed E-state index contributed by atoms with van der Waals surface area (Å²) in [6.45, 7) is 0.708. The van der Waals surface area contributed by atoms with Crippen LogP contribution in [-0.2, 0) is 20.0 Å². The zero-order chi connectivity index (χ0) is 17.7. The molecular formula is C11H17N3O7S2. The van der Waals surface area contributed by atoms with Crippen LogP contribution in [0.2, 0.25) is 0 Å². The number of nitrogens with one attached hydrogen (secondary N) is 1. The molecule has 0 radical (unpaired) electrons. The van der Waals surface area contributed by atoms with E-state index in [0.717, 1.165) is 12.1 Å². The van der Waals surface area contributed by atoms with Gasteiger partial charge in [-0.05, 0) is 19.0 Å². The predicted molar refractivity (Wildman–Crippen MR) is 83.7 cm³/mol. The molecule has 0 fully saturated rings. The van der Waals surface area contributed by atoms with Gasteiger partial charge in [-0.1, -0.05) is 0 Å². The number of anilines is 1. The predicted octanol–water partition coefficient (Wildman–Crippen LogP) is 0.0170. The number of benzene rings is 1. The van der Waals surface area contributed by atoms with Gasteiger partial charge in [-0.25, -0.2) is 8.42 Å². The van der Waals surface area contributed by atoms with Crippen molar-refractivity contribution in [2.45, 2.75) is 11.3 Å². The molecule has 23 heavy (non-hydrogen) atoms. The summed E-state index contributed by atoms with van der Waals surface area (Å²) in [6.07, 6.45) is 0.543. The number of sulfone groups is 1. The number of hydrogen-bond acceptors (Lipinski definition) is 8. The average Bonchev–Trinajstić information content (AvgIpc) is 2.45. The van der Waals surface area contributed by atoms with Crippen LogP contribution in [0.3, 0.4) is 0 Å². The highest BCUT2D eigenvalue weighted by Gasteiger charge is 2.24. The maximum absolute atomic E-state index is 12.2. The third-order valence-electron chi connectivity index (χ3n) is 2.82. The van der Waals surface area contributed by atoms with Gasteiger partial charge in [0.15, 0.2) is 9.84 Å². The number of nitrogens with two attached hydrogens (primary N) is 1. The molecule has 0 saturated carbocycles. The Bertz CT molecular complexity index is 775. The number of hydrogen-bond donors (Lipinski definition) is 3. The van der Waals surface area contributed by atoms with Crippen molar-refractivity contribution in [3.8, 4) is 0 Å². The molecule has 0 spiro atoms. The van der Waals surface area contributed by atoms with E-state index in [1.165, 1.54) is 6.07 Å². The number of non-ortho nitro benzene ring substituents is 1. The molecule has 0 aliphatic heterocycles. The van der Waals surface area contributed by atoms with Gasteiger partial charge in [0.1, 0.15) is 0 Å². The van der Waals surface area contributed by atoms with Gasteiger partial charge in [0, 0.05) is 18.7 Å². The molecule has 12 heteroatoms. The van der Waals surface area contributed by atoms with E-state index in [4.69, 9.17) is 10.3 Å². The van der Waals surface area contributed by atoms with Crippen LogP contribution in [0, 0.1) is 10.1 Å². The summed E-state index contributed by atoms with van der Waals surface area (Å²) in [5, 5.41) is 13.6. The number of nitrogens with zero attached hydrogens (tertiary/aromatic N) is 1. The van der Waals surface area contributed by atoms with Gasteiger partial charge in [-0.2, -0.15) is 8.42 Å².